The van der Waals surface area contributed by atoms with Crippen molar-refractivity contribution in [3.05, 3.63) is 35.4 Å². The standard InChI is InChI=1S/C15H22N2/c1-3-5-6-11-17-15(12-16)14-9-7-13(4-2)8-10-14/h7-10,15,17H,4,6,11-12,16H2,1-2H3. The summed E-state index contributed by atoms with van der Waals surface area (Å²) in [6, 6.07) is 8.90. The van der Waals surface area contributed by atoms with Crippen molar-refractivity contribution in [1.82, 2.24) is 5.32 Å². The van der Waals surface area contributed by atoms with Crippen molar-refractivity contribution in [2.75, 3.05) is 13.1 Å². The van der Waals surface area contributed by atoms with E-state index in [4.69, 9.17) is 5.73 Å². The maximum Gasteiger partial charge on any atom is 0.0444 e. The van der Waals surface area contributed by atoms with Gasteiger partial charge in [0.1, 0.15) is 0 Å². The fourth-order valence-corrected chi connectivity index (χ4v) is 1.76. The van der Waals surface area contributed by atoms with Gasteiger partial charge in [0.15, 0.2) is 0 Å². The molecule has 2 nitrogen and oxygen atoms in total. The summed E-state index contributed by atoms with van der Waals surface area (Å²) >= 11 is 0. The van der Waals surface area contributed by atoms with Crippen LogP contribution < -0.4 is 11.1 Å². The van der Waals surface area contributed by atoms with Gasteiger partial charge in [0.05, 0.1) is 0 Å². The van der Waals surface area contributed by atoms with Gasteiger partial charge in [-0.3, -0.25) is 0 Å². The summed E-state index contributed by atoms with van der Waals surface area (Å²) in [7, 11) is 0. The van der Waals surface area contributed by atoms with E-state index in [-0.39, 0.29) is 6.04 Å². The quantitative estimate of drug-likeness (QED) is 0.581. The van der Waals surface area contributed by atoms with Gasteiger partial charge in [0.2, 0.25) is 0 Å². The Kier molecular flexibility index (Phi) is 6.39. The summed E-state index contributed by atoms with van der Waals surface area (Å²) < 4.78 is 0. The van der Waals surface area contributed by atoms with Crippen molar-refractivity contribution < 1.29 is 0 Å². The van der Waals surface area contributed by atoms with Crippen LogP contribution in [0.3, 0.4) is 0 Å². The van der Waals surface area contributed by atoms with Crippen LogP contribution >= 0.6 is 0 Å². The van der Waals surface area contributed by atoms with Crippen LogP contribution in [0.25, 0.3) is 0 Å². The molecule has 0 fully saturated rings. The van der Waals surface area contributed by atoms with Crippen molar-refractivity contribution in [2.24, 2.45) is 5.73 Å². The predicted octanol–water partition coefficient (Wildman–Crippen LogP) is 2.25. The molecule has 92 valence electrons. The molecule has 2 heteroatoms. The lowest BCUT2D eigenvalue weighted by atomic mass is 10.0. The van der Waals surface area contributed by atoms with E-state index in [2.05, 4.69) is 48.3 Å². The molecule has 0 amide bonds. The van der Waals surface area contributed by atoms with E-state index >= 15 is 0 Å². The van der Waals surface area contributed by atoms with E-state index in [1.807, 2.05) is 6.92 Å². The summed E-state index contributed by atoms with van der Waals surface area (Å²) in [6.45, 7) is 5.53. The summed E-state index contributed by atoms with van der Waals surface area (Å²) in [5.74, 6) is 5.94. The van der Waals surface area contributed by atoms with Gasteiger partial charge in [0, 0.05) is 25.6 Å². The Morgan fingerprint density at radius 1 is 1.29 bits per heavy atom. The topological polar surface area (TPSA) is 38.0 Å². The van der Waals surface area contributed by atoms with E-state index in [0.29, 0.717) is 6.54 Å². The maximum atomic E-state index is 5.79. The average Bonchev–Trinajstić information content (AvgIpc) is 2.39. The molecule has 1 rings (SSSR count). The van der Waals surface area contributed by atoms with Gasteiger partial charge in [-0.05, 0) is 24.5 Å². The molecular formula is C15H22N2. The number of hydrogen-bond donors (Lipinski definition) is 2. The summed E-state index contributed by atoms with van der Waals surface area (Å²) in [5.41, 5.74) is 8.41. The maximum absolute atomic E-state index is 5.79. The molecule has 0 bridgehead atoms. The molecule has 0 saturated heterocycles. The zero-order chi connectivity index (χ0) is 12.5. The third-order valence-electron chi connectivity index (χ3n) is 2.84. The SMILES string of the molecule is CC#CCCNC(CN)c1ccc(CC)cc1. The number of nitrogens with two attached hydrogens (primary N) is 1. The van der Waals surface area contributed by atoms with E-state index in [0.717, 1.165) is 19.4 Å². The molecule has 0 saturated carbocycles. The Morgan fingerprint density at radius 2 is 2.00 bits per heavy atom. The number of rotatable bonds is 6. The minimum atomic E-state index is 0.236. The van der Waals surface area contributed by atoms with Gasteiger partial charge in [-0.1, -0.05) is 31.2 Å². The first-order valence-corrected chi connectivity index (χ1v) is 6.23. The molecule has 0 aliphatic rings. The molecule has 0 aliphatic heterocycles. The minimum absolute atomic E-state index is 0.236. The number of aryl methyl sites for hydroxylation is 1. The van der Waals surface area contributed by atoms with E-state index in [1.165, 1.54) is 11.1 Å². The van der Waals surface area contributed by atoms with Crippen LogP contribution in [0, 0.1) is 11.8 Å². The highest BCUT2D eigenvalue weighted by molar-refractivity contribution is 5.25. The first-order valence-electron chi connectivity index (χ1n) is 6.23. The third kappa shape index (κ3) is 4.60. The van der Waals surface area contributed by atoms with Gasteiger partial charge in [-0.25, -0.2) is 0 Å². The van der Waals surface area contributed by atoms with Crippen LogP contribution in [0.5, 0.6) is 0 Å². The second kappa shape index (κ2) is 7.89. The van der Waals surface area contributed by atoms with Crippen LogP contribution in [-0.2, 0) is 6.42 Å². The second-order valence-electron chi connectivity index (χ2n) is 4.01. The summed E-state index contributed by atoms with van der Waals surface area (Å²) in [5, 5.41) is 3.43. The van der Waals surface area contributed by atoms with Crippen LogP contribution in [0.4, 0.5) is 0 Å². The highest BCUT2D eigenvalue weighted by Gasteiger charge is 2.07. The Balaban J connectivity index is 2.55. The average molecular weight is 230 g/mol. The van der Waals surface area contributed by atoms with E-state index in [9.17, 15) is 0 Å². The predicted molar refractivity (Wildman–Crippen MR) is 73.7 cm³/mol. The van der Waals surface area contributed by atoms with Gasteiger partial charge in [-0.15, -0.1) is 11.8 Å². The van der Waals surface area contributed by atoms with E-state index < -0.39 is 0 Å². The Bertz CT molecular complexity index is 370. The molecule has 3 N–H and O–H groups in total. The van der Waals surface area contributed by atoms with Gasteiger partial charge in [-0.2, -0.15) is 0 Å². The number of nitrogens with one attached hydrogen (secondary N) is 1. The first-order chi connectivity index (χ1) is 8.31. The number of hydrogen-bond acceptors (Lipinski definition) is 2. The Hall–Kier alpha value is -1.30. The Morgan fingerprint density at radius 3 is 2.53 bits per heavy atom. The molecule has 1 aromatic rings. The lowest BCUT2D eigenvalue weighted by molar-refractivity contribution is 0.550. The van der Waals surface area contributed by atoms with Crippen LogP contribution in [-0.4, -0.2) is 13.1 Å². The zero-order valence-corrected chi connectivity index (χ0v) is 10.8. The van der Waals surface area contributed by atoms with Crippen LogP contribution in [0.15, 0.2) is 24.3 Å². The van der Waals surface area contributed by atoms with Crippen LogP contribution in [0.1, 0.15) is 37.4 Å². The van der Waals surface area contributed by atoms with Gasteiger partial charge < -0.3 is 11.1 Å². The van der Waals surface area contributed by atoms with Crippen molar-refractivity contribution >= 4 is 0 Å². The van der Waals surface area contributed by atoms with E-state index in [1.54, 1.807) is 0 Å². The molecular weight excluding hydrogens is 208 g/mol. The molecule has 1 atom stereocenters. The molecule has 0 spiro atoms. The monoisotopic (exact) mass is 230 g/mol. The fourth-order valence-electron chi connectivity index (χ4n) is 1.76. The Labute approximate surface area is 105 Å². The largest absolute Gasteiger partial charge is 0.329 e. The molecule has 0 heterocycles. The number of benzene rings is 1. The molecule has 1 aromatic carbocycles. The highest BCUT2D eigenvalue weighted by atomic mass is 14.9. The minimum Gasteiger partial charge on any atom is -0.329 e. The molecule has 0 radical (unpaired) electrons. The lowest BCUT2D eigenvalue weighted by Gasteiger charge is -2.16. The first kappa shape index (κ1) is 13.8. The smallest absolute Gasteiger partial charge is 0.0444 e. The molecule has 17 heavy (non-hydrogen) atoms. The summed E-state index contributed by atoms with van der Waals surface area (Å²) in [6.07, 6.45) is 1.95. The van der Waals surface area contributed by atoms with Crippen molar-refractivity contribution in [2.45, 2.75) is 32.7 Å². The molecule has 0 aliphatic carbocycles. The normalized spacial score (nSPS) is 11.7. The van der Waals surface area contributed by atoms with Crippen molar-refractivity contribution in [1.29, 1.82) is 0 Å². The second-order valence-corrected chi connectivity index (χ2v) is 4.01. The molecule has 1 unspecified atom stereocenters. The van der Waals surface area contributed by atoms with Gasteiger partial charge in [0.25, 0.3) is 0 Å². The van der Waals surface area contributed by atoms with Crippen molar-refractivity contribution in [3.63, 3.8) is 0 Å². The fraction of sp³-hybridized carbons (Fsp3) is 0.467. The highest BCUT2D eigenvalue weighted by Crippen LogP contribution is 2.13. The molecule has 0 aromatic heterocycles. The van der Waals surface area contributed by atoms with Crippen LogP contribution in [0.2, 0.25) is 0 Å². The van der Waals surface area contributed by atoms with Crippen molar-refractivity contribution in [3.8, 4) is 11.8 Å². The third-order valence-corrected chi connectivity index (χ3v) is 2.84. The van der Waals surface area contributed by atoms with Gasteiger partial charge >= 0.3 is 0 Å². The lowest BCUT2D eigenvalue weighted by Crippen LogP contribution is -2.28. The zero-order valence-electron chi connectivity index (χ0n) is 10.8. The summed E-state index contributed by atoms with van der Waals surface area (Å²) in [4.78, 5) is 0.